The normalized spacial score (nSPS) is 18.2. The lowest BCUT2D eigenvalue weighted by atomic mass is 9.88. The highest BCUT2D eigenvalue weighted by molar-refractivity contribution is 5.85. The molecule has 1 amide bonds. The molecule has 0 aromatic rings. The molecule has 1 aliphatic carbocycles. The van der Waals surface area contributed by atoms with E-state index in [1.54, 1.807) is 6.08 Å². The quantitative estimate of drug-likeness (QED) is 0.588. The highest BCUT2D eigenvalue weighted by atomic mass is 16.5. The van der Waals surface area contributed by atoms with Gasteiger partial charge in [-0.2, -0.15) is 0 Å². The fourth-order valence-corrected chi connectivity index (χ4v) is 2.18. The lowest BCUT2D eigenvalue weighted by Crippen LogP contribution is -2.44. The summed E-state index contributed by atoms with van der Waals surface area (Å²) in [4.78, 5) is 23.4. The Morgan fingerprint density at radius 3 is 2.59 bits per heavy atom. The zero-order valence-corrected chi connectivity index (χ0v) is 10.4. The van der Waals surface area contributed by atoms with Crippen LogP contribution in [0.1, 0.15) is 38.5 Å². The molecule has 1 fully saturated rings. The number of carbonyl (C=O) groups is 2. The number of methoxy groups -OCH3 is 1. The van der Waals surface area contributed by atoms with Gasteiger partial charge >= 0.3 is 5.97 Å². The molecule has 1 N–H and O–H groups in total. The van der Waals surface area contributed by atoms with E-state index in [0.717, 1.165) is 25.7 Å². The SMILES string of the molecule is C=CC[C@@H](NC(=O)C1CCCCC1)C(=O)OC. The van der Waals surface area contributed by atoms with Crippen LogP contribution in [0.15, 0.2) is 12.7 Å². The van der Waals surface area contributed by atoms with Crippen molar-refractivity contribution in [2.45, 2.75) is 44.6 Å². The Hall–Kier alpha value is -1.32. The second-order valence-corrected chi connectivity index (χ2v) is 4.44. The first-order valence-corrected chi connectivity index (χ1v) is 6.18. The fourth-order valence-electron chi connectivity index (χ4n) is 2.18. The smallest absolute Gasteiger partial charge is 0.328 e. The zero-order valence-electron chi connectivity index (χ0n) is 10.4. The van der Waals surface area contributed by atoms with Crippen LogP contribution in [0, 0.1) is 5.92 Å². The second kappa shape index (κ2) is 7.09. The number of amides is 1. The van der Waals surface area contributed by atoms with E-state index in [9.17, 15) is 9.59 Å². The average Bonchev–Trinajstić information content (AvgIpc) is 2.38. The van der Waals surface area contributed by atoms with E-state index in [2.05, 4.69) is 16.6 Å². The Kier molecular flexibility index (Phi) is 5.73. The van der Waals surface area contributed by atoms with Crippen molar-refractivity contribution in [3.8, 4) is 0 Å². The van der Waals surface area contributed by atoms with Crippen LogP contribution in [0.25, 0.3) is 0 Å². The van der Waals surface area contributed by atoms with Crippen molar-refractivity contribution < 1.29 is 14.3 Å². The fraction of sp³-hybridized carbons (Fsp3) is 0.692. The first-order valence-electron chi connectivity index (χ1n) is 6.18. The number of ether oxygens (including phenoxy) is 1. The Morgan fingerprint density at radius 2 is 2.06 bits per heavy atom. The monoisotopic (exact) mass is 239 g/mol. The van der Waals surface area contributed by atoms with Gasteiger partial charge in [0.2, 0.25) is 5.91 Å². The molecular weight excluding hydrogens is 218 g/mol. The maximum atomic E-state index is 12.0. The third-order valence-corrected chi connectivity index (χ3v) is 3.18. The standard InChI is InChI=1S/C13H21NO3/c1-3-7-11(13(16)17-2)14-12(15)10-8-5-4-6-9-10/h3,10-11H,1,4-9H2,2H3,(H,14,15)/t11-/m1/s1. The predicted molar refractivity (Wildman–Crippen MR) is 65.3 cm³/mol. The maximum Gasteiger partial charge on any atom is 0.328 e. The first-order chi connectivity index (χ1) is 8.19. The lowest BCUT2D eigenvalue weighted by Gasteiger charge is -2.23. The Balaban J connectivity index is 2.50. The number of hydrogen-bond acceptors (Lipinski definition) is 3. The summed E-state index contributed by atoms with van der Waals surface area (Å²) in [7, 11) is 1.32. The predicted octanol–water partition coefficient (Wildman–Crippen LogP) is 1.80. The molecular formula is C13H21NO3. The van der Waals surface area contributed by atoms with Crippen molar-refractivity contribution in [1.82, 2.24) is 5.32 Å². The van der Waals surface area contributed by atoms with Crippen LogP contribution in [0.2, 0.25) is 0 Å². The topological polar surface area (TPSA) is 55.4 Å². The minimum absolute atomic E-state index is 0.0260. The number of hydrogen-bond donors (Lipinski definition) is 1. The highest BCUT2D eigenvalue weighted by Gasteiger charge is 2.26. The number of rotatable bonds is 5. The molecule has 4 heteroatoms. The summed E-state index contributed by atoms with van der Waals surface area (Å²) in [5.41, 5.74) is 0. The summed E-state index contributed by atoms with van der Waals surface area (Å²) in [6.45, 7) is 3.58. The number of esters is 1. The minimum Gasteiger partial charge on any atom is -0.467 e. The molecule has 1 aliphatic rings. The second-order valence-electron chi connectivity index (χ2n) is 4.44. The summed E-state index contributed by atoms with van der Waals surface area (Å²) in [5, 5.41) is 2.75. The van der Waals surface area contributed by atoms with Gasteiger partial charge in [-0.3, -0.25) is 4.79 Å². The molecule has 0 unspecified atom stereocenters. The molecule has 0 heterocycles. The average molecular weight is 239 g/mol. The molecule has 4 nitrogen and oxygen atoms in total. The Bertz CT molecular complexity index is 282. The van der Waals surface area contributed by atoms with Crippen LogP contribution < -0.4 is 5.32 Å². The van der Waals surface area contributed by atoms with Crippen LogP contribution in [0.5, 0.6) is 0 Å². The van der Waals surface area contributed by atoms with Gasteiger partial charge in [-0.15, -0.1) is 6.58 Å². The number of nitrogens with one attached hydrogen (secondary N) is 1. The van der Waals surface area contributed by atoms with E-state index in [-0.39, 0.29) is 11.8 Å². The number of carbonyl (C=O) groups excluding carboxylic acids is 2. The van der Waals surface area contributed by atoms with Gasteiger partial charge in [0.15, 0.2) is 0 Å². The third-order valence-electron chi connectivity index (χ3n) is 3.18. The highest BCUT2D eigenvalue weighted by Crippen LogP contribution is 2.23. The minimum atomic E-state index is -0.591. The lowest BCUT2D eigenvalue weighted by molar-refractivity contribution is -0.145. The summed E-state index contributed by atoms with van der Waals surface area (Å²) in [6.07, 6.45) is 7.28. The van der Waals surface area contributed by atoms with Crippen molar-refractivity contribution in [2.75, 3.05) is 7.11 Å². The molecule has 0 radical (unpaired) electrons. The van der Waals surface area contributed by atoms with Gasteiger partial charge in [0.05, 0.1) is 7.11 Å². The molecule has 96 valence electrons. The van der Waals surface area contributed by atoms with Crippen molar-refractivity contribution in [3.05, 3.63) is 12.7 Å². The molecule has 1 saturated carbocycles. The van der Waals surface area contributed by atoms with Gasteiger partial charge in [-0.05, 0) is 19.3 Å². The van der Waals surface area contributed by atoms with Gasteiger partial charge in [0.1, 0.15) is 6.04 Å². The first kappa shape index (κ1) is 13.7. The summed E-state index contributed by atoms with van der Waals surface area (Å²) in [6, 6.07) is -0.591. The van der Waals surface area contributed by atoms with Gasteiger partial charge in [0.25, 0.3) is 0 Å². The molecule has 0 spiro atoms. The maximum absolute atomic E-state index is 12.0. The van der Waals surface area contributed by atoms with Crippen LogP contribution in [0.3, 0.4) is 0 Å². The Morgan fingerprint density at radius 1 is 1.41 bits per heavy atom. The molecule has 1 atom stereocenters. The van der Waals surface area contributed by atoms with Crippen molar-refractivity contribution in [3.63, 3.8) is 0 Å². The molecule has 0 bridgehead atoms. The van der Waals surface area contributed by atoms with Gasteiger partial charge < -0.3 is 10.1 Å². The van der Waals surface area contributed by atoms with Crippen molar-refractivity contribution in [1.29, 1.82) is 0 Å². The molecule has 17 heavy (non-hydrogen) atoms. The molecule has 0 saturated heterocycles. The summed E-state index contributed by atoms with van der Waals surface area (Å²) in [5.74, 6) is -0.378. The molecule has 0 aromatic heterocycles. The largest absolute Gasteiger partial charge is 0.467 e. The third kappa shape index (κ3) is 4.21. The van der Waals surface area contributed by atoms with Crippen LogP contribution in [-0.4, -0.2) is 25.0 Å². The van der Waals surface area contributed by atoms with E-state index in [1.807, 2.05) is 0 Å². The van der Waals surface area contributed by atoms with E-state index in [1.165, 1.54) is 13.5 Å². The molecule has 0 aromatic carbocycles. The van der Waals surface area contributed by atoms with E-state index in [4.69, 9.17) is 0 Å². The summed E-state index contributed by atoms with van der Waals surface area (Å²) < 4.78 is 4.65. The van der Waals surface area contributed by atoms with E-state index in [0.29, 0.717) is 6.42 Å². The van der Waals surface area contributed by atoms with Crippen LogP contribution >= 0.6 is 0 Å². The van der Waals surface area contributed by atoms with Crippen LogP contribution in [0.4, 0.5) is 0 Å². The van der Waals surface area contributed by atoms with Crippen LogP contribution in [-0.2, 0) is 14.3 Å². The molecule has 0 aliphatic heterocycles. The van der Waals surface area contributed by atoms with Gasteiger partial charge in [-0.25, -0.2) is 4.79 Å². The Labute approximate surface area is 102 Å². The molecule has 1 rings (SSSR count). The van der Waals surface area contributed by atoms with Crippen molar-refractivity contribution in [2.24, 2.45) is 5.92 Å². The van der Waals surface area contributed by atoms with E-state index >= 15 is 0 Å². The van der Waals surface area contributed by atoms with Crippen molar-refractivity contribution >= 4 is 11.9 Å². The summed E-state index contributed by atoms with van der Waals surface area (Å²) >= 11 is 0. The van der Waals surface area contributed by atoms with Gasteiger partial charge in [-0.1, -0.05) is 25.3 Å². The van der Waals surface area contributed by atoms with E-state index < -0.39 is 12.0 Å². The van der Waals surface area contributed by atoms with Gasteiger partial charge in [0, 0.05) is 5.92 Å². The zero-order chi connectivity index (χ0) is 12.7.